The van der Waals surface area contributed by atoms with Crippen molar-refractivity contribution in [3.05, 3.63) is 109 Å². The van der Waals surface area contributed by atoms with Crippen LogP contribution in [0.4, 0.5) is 17.1 Å². The summed E-state index contributed by atoms with van der Waals surface area (Å²) in [5.41, 5.74) is 5.94. The molecule has 0 unspecified atom stereocenters. The van der Waals surface area contributed by atoms with Gasteiger partial charge in [0.05, 0.1) is 0 Å². The number of para-hydroxylation sites is 4. The van der Waals surface area contributed by atoms with Crippen LogP contribution >= 0.6 is 0 Å². The van der Waals surface area contributed by atoms with E-state index in [1.165, 1.54) is 0 Å². The molecule has 0 spiro atoms. The summed E-state index contributed by atoms with van der Waals surface area (Å²) in [7, 11) is 0. The number of anilines is 3. The van der Waals surface area contributed by atoms with E-state index in [1.807, 2.05) is 36.4 Å². The fourth-order valence-corrected chi connectivity index (χ4v) is 3.35. The quantitative estimate of drug-likeness (QED) is 0.346. The molecule has 3 nitrogen and oxygen atoms in total. The number of hydrogen-bond acceptors (Lipinski definition) is 3. The third-order valence-corrected chi connectivity index (χ3v) is 4.70. The second-order valence-electron chi connectivity index (χ2n) is 6.54. The lowest BCUT2D eigenvalue weighted by atomic mass is 10.1. The van der Waals surface area contributed by atoms with Crippen LogP contribution in [0.5, 0.6) is 0 Å². The third kappa shape index (κ3) is 3.03. The molecule has 0 N–H and O–H groups in total. The molecule has 1 heterocycles. The maximum atomic E-state index is 5.90. The Labute approximate surface area is 163 Å². The van der Waals surface area contributed by atoms with Crippen LogP contribution in [0.1, 0.15) is 0 Å². The maximum absolute atomic E-state index is 5.90. The number of nitrogens with zero attached hydrogens (tertiary/aromatic N) is 2. The summed E-state index contributed by atoms with van der Waals surface area (Å²) < 4.78 is 5.90. The molecule has 1 aromatic heterocycles. The molecular weight excluding hydrogens is 344 g/mol. The van der Waals surface area contributed by atoms with Crippen LogP contribution in [0.25, 0.3) is 22.6 Å². The molecule has 0 saturated heterocycles. The first kappa shape index (κ1) is 16.3. The van der Waals surface area contributed by atoms with Gasteiger partial charge < -0.3 is 9.32 Å². The van der Waals surface area contributed by atoms with E-state index >= 15 is 0 Å². The fraction of sp³-hybridized carbons (Fsp3) is 0. The van der Waals surface area contributed by atoms with Crippen molar-refractivity contribution in [2.45, 2.75) is 0 Å². The van der Waals surface area contributed by atoms with Crippen LogP contribution in [-0.2, 0) is 0 Å². The fourth-order valence-electron chi connectivity index (χ4n) is 3.35. The Bertz CT molecular complexity index is 1120. The van der Waals surface area contributed by atoms with Gasteiger partial charge in [-0.2, -0.15) is 0 Å². The van der Waals surface area contributed by atoms with Gasteiger partial charge in [0.25, 0.3) is 0 Å². The van der Waals surface area contributed by atoms with Crippen LogP contribution < -0.4 is 4.90 Å². The standard InChI is InChI=1S/C25H18N2O/c1-3-9-20(10-4-1)27(21-11-5-2-6-12-21)22-17-15-19(16-18-22)25-26-23-13-7-8-14-24(23)28-25/h1-18H. The molecule has 0 aliphatic carbocycles. The van der Waals surface area contributed by atoms with Crippen LogP contribution in [0, 0.1) is 0 Å². The average Bonchev–Trinajstić information content (AvgIpc) is 3.20. The molecule has 3 heteroatoms. The molecule has 0 aliphatic rings. The Balaban J connectivity index is 1.55. The summed E-state index contributed by atoms with van der Waals surface area (Å²) in [6, 6.07) is 36.9. The Hall–Kier alpha value is -3.85. The highest BCUT2D eigenvalue weighted by Crippen LogP contribution is 2.35. The number of rotatable bonds is 4. The molecule has 4 aromatic carbocycles. The first-order chi connectivity index (χ1) is 13.9. The van der Waals surface area contributed by atoms with E-state index < -0.39 is 0 Å². The van der Waals surface area contributed by atoms with Gasteiger partial charge in [-0.05, 0) is 60.7 Å². The van der Waals surface area contributed by atoms with E-state index in [9.17, 15) is 0 Å². The third-order valence-electron chi connectivity index (χ3n) is 4.70. The molecule has 0 saturated carbocycles. The minimum atomic E-state index is 0.638. The lowest BCUT2D eigenvalue weighted by Crippen LogP contribution is -2.09. The Morgan fingerprint density at radius 3 is 1.68 bits per heavy atom. The summed E-state index contributed by atoms with van der Waals surface area (Å²) in [6.45, 7) is 0. The Morgan fingerprint density at radius 1 is 0.536 bits per heavy atom. The lowest BCUT2D eigenvalue weighted by Gasteiger charge is -2.25. The van der Waals surface area contributed by atoms with Crippen LogP contribution in [-0.4, -0.2) is 4.98 Å². The maximum Gasteiger partial charge on any atom is 0.227 e. The van der Waals surface area contributed by atoms with E-state index in [1.54, 1.807) is 0 Å². The van der Waals surface area contributed by atoms with Crippen molar-refractivity contribution in [3.63, 3.8) is 0 Å². The van der Waals surface area contributed by atoms with E-state index in [4.69, 9.17) is 4.42 Å². The molecule has 28 heavy (non-hydrogen) atoms. The molecule has 5 aromatic rings. The highest BCUT2D eigenvalue weighted by atomic mass is 16.3. The minimum absolute atomic E-state index is 0.638. The Morgan fingerprint density at radius 2 is 1.07 bits per heavy atom. The van der Waals surface area contributed by atoms with Gasteiger partial charge in [0, 0.05) is 22.6 Å². The topological polar surface area (TPSA) is 29.3 Å². The van der Waals surface area contributed by atoms with Gasteiger partial charge in [-0.1, -0.05) is 48.5 Å². The predicted molar refractivity (Wildman–Crippen MR) is 114 cm³/mol. The molecule has 5 rings (SSSR count). The van der Waals surface area contributed by atoms with Crippen molar-refractivity contribution in [2.24, 2.45) is 0 Å². The summed E-state index contributed by atoms with van der Waals surface area (Å²) in [5.74, 6) is 0.638. The van der Waals surface area contributed by atoms with E-state index in [0.29, 0.717) is 5.89 Å². The zero-order valence-corrected chi connectivity index (χ0v) is 15.2. The monoisotopic (exact) mass is 362 g/mol. The summed E-state index contributed by atoms with van der Waals surface area (Å²) in [6.07, 6.45) is 0. The smallest absolute Gasteiger partial charge is 0.227 e. The Kier molecular flexibility index (Phi) is 4.11. The molecule has 0 bridgehead atoms. The molecular formula is C25H18N2O. The number of hydrogen-bond donors (Lipinski definition) is 0. The minimum Gasteiger partial charge on any atom is -0.436 e. The molecule has 0 aliphatic heterocycles. The molecule has 0 radical (unpaired) electrons. The van der Waals surface area contributed by atoms with Gasteiger partial charge in [-0.25, -0.2) is 4.98 Å². The van der Waals surface area contributed by atoms with Crippen molar-refractivity contribution in [2.75, 3.05) is 4.90 Å². The van der Waals surface area contributed by atoms with Gasteiger partial charge in [0.1, 0.15) is 5.52 Å². The lowest BCUT2D eigenvalue weighted by molar-refractivity contribution is 0.620. The van der Waals surface area contributed by atoms with Crippen molar-refractivity contribution >= 4 is 28.2 Å². The number of oxazole rings is 1. The molecule has 0 atom stereocenters. The number of fused-ring (bicyclic) bond motifs is 1. The summed E-state index contributed by atoms with van der Waals surface area (Å²) in [4.78, 5) is 6.83. The van der Waals surface area contributed by atoms with Crippen LogP contribution in [0.15, 0.2) is 114 Å². The number of aromatic nitrogens is 1. The highest BCUT2D eigenvalue weighted by molar-refractivity contribution is 5.79. The normalized spacial score (nSPS) is 10.9. The molecule has 134 valence electrons. The summed E-state index contributed by atoms with van der Waals surface area (Å²) >= 11 is 0. The van der Waals surface area contributed by atoms with Gasteiger partial charge in [0.2, 0.25) is 5.89 Å². The second kappa shape index (κ2) is 7.05. The van der Waals surface area contributed by atoms with Crippen LogP contribution in [0.2, 0.25) is 0 Å². The van der Waals surface area contributed by atoms with E-state index in [2.05, 4.69) is 82.7 Å². The van der Waals surface area contributed by atoms with Crippen LogP contribution in [0.3, 0.4) is 0 Å². The van der Waals surface area contributed by atoms with Crippen molar-refractivity contribution < 1.29 is 4.42 Å². The first-order valence-electron chi connectivity index (χ1n) is 9.25. The largest absolute Gasteiger partial charge is 0.436 e. The first-order valence-corrected chi connectivity index (χ1v) is 9.25. The molecule has 0 amide bonds. The van der Waals surface area contributed by atoms with E-state index in [-0.39, 0.29) is 0 Å². The summed E-state index contributed by atoms with van der Waals surface area (Å²) in [5, 5.41) is 0. The highest BCUT2D eigenvalue weighted by Gasteiger charge is 2.13. The van der Waals surface area contributed by atoms with Crippen molar-refractivity contribution in [1.29, 1.82) is 0 Å². The number of benzene rings is 4. The zero-order valence-electron chi connectivity index (χ0n) is 15.2. The predicted octanol–water partition coefficient (Wildman–Crippen LogP) is 6.96. The van der Waals surface area contributed by atoms with E-state index in [0.717, 1.165) is 33.7 Å². The SMILES string of the molecule is c1ccc(N(c2ccccc2)c2ccc(-c3nc4ccccc4o3)cc2)cc1. The second-order valence-corrected chi connectivity index (χ2v) is 6.54. The molecule has 0 fully saturated rings. The van der Waals surface area contributed by atoms with Gasteiger partial charge in [-0.3, -0.25) is 0 Å². The average molecular weight is 362 g/mol. The van der Waals surface area contributed by atoms with Gasteiger partial charge in [0.15, 0.2) is 5.58 Å². The van der Waals surface area contributed by atoms with Crippen molar-refractivity contribution in [1.82, 2.24) is 4.98 Å². The van der Waals surface area contributed by atoms with Gasteiger partial charge in [-0.15, -0.1) is 0 Å². The van der Waals surface area contributed by atoms with Crippen molar-refractivity contribution in [3.8, 4) is 11.5 Å². The van der Waals surface area contributed by atoms with Gasteiger partial charge >= 0.3 is 0 Å². The zero-order chi connectivity index (χ0) is 18.8.